The van der Waals surface area contributed by atoms with Gasteiger partial charge in [0.1, 0.15) is 12.1 Å². The summed E-state index contributed by atoms with van der Waals surface area (Å²) in [5.74, 6) is 0.868. The molecule has 0 radical (unpaired) electrons. The molecule has 1 heterocycles. The van der Waals surface area contributed by atoms with E-state index in [4.69, 9.17) is 4.74 Å². The van der Waals surface area contributed by atoms with E-state index in [0.29, 0.717) is 13.0 Å². The number of aromatic nitrogens is 4. The van der Waals surface area contributed by atoms with Crippen LogP contribution in [0.25, 0.3) is 5.69 Å². The quantitative estimate of drug-likeness (QED) is 0.663. The van der Waals surface area contributed by atoms with Crippen LogP contribution < -0.4 is 10.1 Å². The summed E-state index contributed by atoms with van der Waals surface area (Å²) < 4.78 is 7.20. The first-order chi connectivity index (χ1) is 13.1. The molecule has 1 aromatic heterocycles. The number of rotatable bonds is 8. The van der Waals surface area contributed by atoms with Crippen molar-refractivity contribution in [1.82, 2.24) is 25.5 Å². The Kier molecular flexibility index (Phi) is 6.14. The summed E-state index contributed by atoms with van der Waals surface area (Å²) in [7, 11) is 0. The van der Waals surface area contributed by atoms with Gasteiger partial charge in [-0.1, -0.05) is 24.3 Å². The number of nitrogens with zero attached hydrogens (tertiary/aromatic N) is 4. The Morgan fingerprint density at radius 2 is 1.78 bits per heavy atom. The predicted molar refractivity (Wildman–Crippen MR) is 102 cm³/mol. The van der Waals surface area contributed by atoms with Crippen molar-refractivity contribution in [3.63, 3.8) is 0 Å². The molecule has 0 fully saturated rings. The Bertz CT molecular complexity index is 843. The Hall–Kier alpha value is -3.22. The van der Waals surface area contributed by atoms with Crippen LogP contribution in [0.2, 0.25) is 0 Å². The minimum Gasteiger partial charge on any atom is -0.491 e. The zero-order valence-corrected chi connectivity index (χ0v) is 15.5. The van der Waals surface area contributed by atoms with Gasteiger partial charge in [-0.2, -0.15) is 0 Å². The van der Waals surface area contributed by atoms with Crippen molar-refractivity contribution in [2.45, 2.75) is 32.8 Å². The summed E-state index contributed by atoms with van der Waals surface area (Å²) in [5, 5.41) is 14.0. The van der Waals surface area contributed by atoms with Crippen molar-refractivity contribution >= 4 is 5.91 Å². The van der Waals surface area contributed by atoms with Crippen molar-refractivity contribution in [2.75, 3.05) is 6.54 Å². The maximum atomic E-state index is 12.1. The molecule has 0 bridgehead atoms. The number of hydrogen-bond acceptors (Lipinski definition) is 5. The van der Waals surface area contributed by atoms with Gasteiger partial charge in [0, 0.05) is 6.54 Å². The number of ether oxygens (including phenoxy) is 1. The highest BCUT2D eigenvalue weighted by Gasteiger charge is 2.05. The van der Waals surface area contributed by atoms with E-state index in [9.17, 15) is 4.79 Å². The third kappa shape index (κ3) is 5.64. The van der Waals surface area contributed by atoms with Gasteiger partial charge in [0.15, 0.2) is 0 Å². The molecular formula is C20H23N5O2. The van der Waals surface area contributed by atoms with E-state index in [-0.39, 0.29) is 12.0 Å². The standard InChI is InChI=1S/C20H23N5O2/c1-15(2)27-19-9-5-16(6-10-19)11-12-21-20(26)13-17-3-7-18(8-4-17)25-14-22-23-24-25/h3-10,14-15H,11-13H2,1-2H3,(H,21,26). The Labute approximate surface area is 158 Å². The lowest BCUT2D eigenvalue weighted by atomic mass is 10.1. The molecule has 7 heteroatoms. The van der Waals surface area contributed by atoms with Gasteiger partial charge >= 0.3 is 0 Å². The fourth-order valence-corrected chi connectivity index (χ4v) is 2.65. The second-order valence-electron chi connectivity index (χ2n) is 6.51. The molecule has 0 aliphatic carbocycles. The lowest BCUT2D eigenvalue weighted by Crippen LogP contribution is -2.27. The molecule has 0 unspecified atom stereocenters. The van der Waals surface area contributed by atoms with Crippen LogP contribution in [-0.2, 0) is 17.6 Å². The minimum absolute atomic E-state index is 0.00457. The lowest BCUT2D eigenvalue weighted by molar-refractivity contribution is -0.120. The van der Waals surface area contributed by atoms with Gasteiger partial charge in [0.25, 0.3) is 0 Å². The van der Waals surface area contributed by atoms with Crippen LogP contribution >= 0.6 is 0 Å². The van der Waals surface area contributed by atoms with E-state index < -0.39 is 0 Å². The molecule has 27 heavy (non-hydrogen) atoms. The van der Waals surface area contributed by atoms with Crippen LogP contribution in [0, 0.1) is 0 Å². The third-order valence-electron chi connectivity index (χ3n) is 3.95. The number of benzene rings is 2. The van der Waals surface area contributed by atoms with Gasteiger partial charge < -0.3 is 10.1 Å². The van der Waals surface area contributed by atoms with Gasteiger partial charge in [-0.05, 0) is 66.1 Å². The lowest BCUT2D eigenvalue weighted by Gasteiger charge is -2.10. The van der Waals surface area contributed by atoms with E-state index in [1.165, 1.54) is 6.33 Å². The van der Waals surface area contributed by atoms with E-state index in [1.54, 1.807) is 4.68 Å². The molecule has 0 saturated heterocycles. The molecule has 1 amide bonds. The first-order valence-electron chi connectivity index (χ1n) is 8.95. The van der Waals surface area contributed by atoms with Gasteiger partial charge in [0.05, 0.1) is 18.2 Å². The monoisotopic (exact) mass is 365 g/mol. The summed E-state index contributed by atoms with van der Waals surface area (Å²) >= 11 is 0. The number of nitrogens with one attached hydrogen (secondary N) is 1. The summed E-state index contributed by atoms with van der Waals surface area (Å²) in [5.41, 5.74) is 2.96. The van der Waals surface area contributed by atoms with E-state index in [0.717, 1.165) is 29.0 Å². The minimum atomic E-state index is 0.00457. The van der Waals surface area contributed by atoms with Crippen molar-refractivity contribution in [1.29, 1.82) is 0 Å². The number of tetrazole rings is 1. The highest BCUT2D eigenvalue weighted by Crippen LogP contribution is 2.14. The highest BCUT2D eigenvalue weighted by molar-refractivity contribution is 5.78. The van der Waals surface area contributed by atoms with E-state index >= 15 is 0 Å². The molecule has 0 aliphatic rings. The zero-order valence-electron chi connectivity index (χ0n) is 15.5. The molecule has 1 N–H and O–H groups in total. The smallest absolute Gasteiger partial charge is 0.224 e. The van der Waals surface area contributed by atoms with Crippen molar-refractivity contribution in [3.8, 4) is 11.4 Å². The average Bonchev–Trinajstić information content (AvgIpc) is 3.18. The Morgan fingerprint density at radius 3 is 2.41 bits per heavy atom. The maximum Gasteiger partial charge on any atom is 0.224 e. The van der Waals surface area contributed by atoms with Gasteiger partial charge in [-0.25, -0.2) is 4.68 Å². The second kappa shape index (κ2) is 8.93. The molecule has 3 rings (SSSR count). The topological polar surface area (TPSA) is 81.9 Å². The van der Waals surface area contributed by atoms with Crippen LogP contribution in [-0.4, -0.2) is 38.8 Å². The van der Waals surface area contributed by atoms with E-state index in [2.05, 4.69) is 20.8 Å². The van der Waals surface area contributed by atoms with Crippen LogP contribution in [0.4, 0.5) is 0 Å². The Morgan fingerprint density at radius 1 is 1.07 bits per heavy atom. The molecule has 0 spiro atoms. The highest BCUT2D eigenvalue weighted by atomic mass is 16.5. The number of amides is 1. The average molecular weight is 365 g/mol. The van der Waals surface area contributed by atoms with Gasteiger partial charge in [0.2, 0.25) is 5.91 Å². The van der Waals surface area contributed by atoms with Crippen molar-refractivity contribution < 1.29 is 9.53 Å². The number of carbonyl (C=O) groups excluding carboxylic acids is 1. The summed E-state index contributed by atoms with van der Waals surface area (Å²) in [6.45, 7) is 4.61. The molecule has 2 aromatic carbocycles. The van der Waals surface area contributed by atoms with Crippen LogP contribution in [0.15, 0.2) is 54.9 Å². The van der Waals surface area contributed by atoms with Crippen LogP contribution in [0.3, 0.4) is 0 Å². The second-order valence-corrected chi connectivity index (χ2v) is 6.51. The molecular weight excluding hydrogens is 342 g/mol. The van der Waals surface area contributed by atoms with Gasteiger partial charge in [-0.15, -0.1) is 5.10 Å². The Balaban J connectivity index is 1.43. The van der Waals surface area contributed by atoms with Crippen molar-refractivity contribution in [3.05, 3.63) is 66.0 Å². The number of carbonyl (C=O) groups is 1. The SMILES string of the molecule is CC(C)Oc1ccc(CCNC(=O)Cc2ccc(-n3cnnn3)cc2)cc1. The van der Waals surface area contributed by atoms with Crippen LogP contribution in [0.1, 0.15) is 25.0 Å². The molecule has 0 aliphatic heterocycles. The van der Waals surface area contributed by atoms with Crippen LogP contribution in [0.5, 0.6) is 5.75 Å². The normalized spacial score (nSPS) is 10.8. The largest absolute Gasteiger partial charge is 0.491 e. The zero-order chi connectivity index (χ0) is 19.1. The summed E-state index contributed by atoms with van der Waals surface area (Å²) in [6, 6.07) is 15.6. The first-order valence-corrected chi connectivity index (χ1v) is 8.95. The summed E-state index contributed by atoms with van der Waals surface area (Å²) in [6.07, 6.45) is 2.82. The van der Waals surface area contributed by atoms with E-state index in [1.807, 2.05) is 62.4 Å². The molecule has 0 atom stereocenters. The molecule has 3 aromatic rings. The first kappa shape index (κ1) is 18.6. The summed E-state index contributed by atoms with van der Waals surface area (Å²) in [4.78, 5) is 12.1. The molecule has 7 nitrogen and oxygen atoms in total. The van der Waals surface area contributed by atoms with Crippen molar-refractivity contribution in [2.24, 2.45) is 0 Å². The maximum absolute atomic E-state index is 12.1. The fraction of sp³-hybridized carbons (Fsp3) is 0.300. The molecule has 140 valence electrons. The molecule has 0 saturated carbocycles. The van der Waals surface area contributed by atoms with Gasteiger partial charge in [-0.3, -0.25) is 4.79 Å². The number of hydrogen-bond donors (Lipinski definition) is 1. The fourth-order valence-electron chi connectivity index (χ4n) is 2.65. The third-order valence-corrected chi connectivity index (χ3v) is 3.95. The predicted octanol–water partition coefficient (Wildman–Crippen LogP) is 2.35.